The van der Waals surface area contributed by atoms with Crippen molar-refractivity contribution in [1.29, 1.82) is 0 Å². The van der Waals surface area contributed by atoms with Gasteiger partial charge in [0, 0.05) is 11.2 Å². The summed E-state index contributed by atoms with van der Waals surface area (Å²) in [5.74, 6) is 0. The van der Waals surface area contributed by atoms with Gasteiger partial charge in [-0.2, -0.15) is 4.21 Å². The fourth-order valence-electron chi connectivity index (χ4n) is 0.411. The molecule has 0 rings (SSSR count). The number of rotatable bonds is 5. The summed E-state index contributed by atoms with van der Waals surface area (Å²) in [4.78, 5) is 0. The molecule has 4 nitrogen and oxygen atoms in total. The van der Waals surface area contributed by atoms with Crippen LogP contribution in [0.1, 0.15) is 12.8 Å². The lowest BCUT2D eigenvalue weighted by molar-refractivity contribution is 0.297. The van der Waals surface area contributed by atoms with E-state index in [-0.39, 0.29) is 6.61 Å². The summed E-state index contributed by atoms with van der Waals surface area (Å²) in [5, 5.41) is 0. The highest BCUT2D eigenvalue weighted by Crippen LogP contribution is 1.92. The molecule has 6 heteroatoms. The second-order valence-corrected chi connectivity index (χ2v) is 4.10. The van der Waals surface area contributed by atoms with Gasteiger partial charge in [0.2, 0.25) is 0 Å². The van der Waals surface area contributed by atoms with Gasteiger partial charge in [-0.3, -0.25) is 8.74 Å². The van der Waals surface area contributed by atoms with Gasteiger partial charge in [-0.15, -0.1) is 0 Å². The third-order valence-corrected chi connectivity index (χ3v) is 1.58. The zero-order valence-electron chi connectivity index (χ0n) is 5.49. The van der Waals surface area contributed by atoms with E-state index in [0.717, 1.165) is 6.42 Å². The van der Waals surface area contributed by atoms with Gasteiger partial charge in [-0.05, 0) is 19.4 Å². The van der Waals surface area contributed by atoms with E-state index < -0.39 is 9.05 Å². The van der Waals surface area contributed by atoms with Crippen molar-refractivity contribution in [3.63, 3.8) is 0 Å². The van der Waals surface area contributed by atoms with Crippen molar-refractivity contribution < 1.29 is 12.9 Å². The second kappa shape index (κ2) is 4.97. The van der Waals surface area contributed by atoms with Crippen LogP contribution in [-0.4, -0.2) is 21.9 Å². The lowest BCUT2D eigenvalue weighted by Gasteiger charge is -1.99. The second-order valence-electron chi connectivity index (χ2n) is 1.75. The highest BCUT2D eigenvalue weighted by Gasteiger charge is 1.97. The molecular formula is C4H11NO3S2. The van der Waals surface area contributed by atoms with Gasteiger partial charge in [0.25, 0.3) is 9.05 Å². The standard InChI is InChI=1S/C4H11NO3S2/c5-3-1-2-4-8-10(6,7)9/h1-5H2,(H,6,7,9). The molecule has 1 unspecified atom stereocenters. The Hall–Kier alpha value is 0.250. The van der Waals surface area contributed by atoms with Crippen LogP contribution in [-0.2, 0) is 24.4 Å². The average molecular weight is 185 g/mol. The minimum atomic E-state index is -3.41. The van der Waals surface area contributed by atoms with Crippen molar-refractivity contribution >= 4 is 20.2 Å². The van der Waals surface area contributed by atoms with Crippen molar-refractivity contribution in [2.75, 3.05) is 13.2 Å². The molecule has 10 heavy (non-hydrogen) atoms. The van der Waals surface area contributed by atoms with Crippen LogP contribution < -0.4 is 5.73 Å². The maximum Gasteiger partial charge on any atom is 0.266 e. The van der Waals surface area contributed by atoms with Crippen LogP contribution in [0.3, 0.4) is 0 Å². The highest BCUT2D eigenvalue weighted by atomic mass is 32.9. The Labute approximate surface area is 65.5 Å². The van der Waals surface area contributed by atoms with Crippen LogP contribution in [0.15, 0.2) is 0 Å². The zero-order chi connectivity index (χ0) is 8.04. The Bertz CT molecular complexity index is 165. The maximum absolute atomic E-state index is 10.3. The van der Waals surface area contributed by atoms with Crippen LogP contribution in [0.5, 0.6) is 0 Å². The van der Waals surface area contributed by atoms with Crippen LogP contribution in [0, 0.1) is 0 Å². The molecule has 0 heterocycles. The Kier molecular flexibility index (Phi) is 5.10. The van der Waals surface area contributed by atoms with E-state index in [0.29, 0.717) is 13.0 Å². The first-order valence-electron chi connectivity index (χ1n) is 2.88. The van der Waals surface area contributed by atoms with Gasteiger partial charge in [-0.1, -0.05) is 0 Å². The summed E-state index contributed by atoms with van der Waals surface area (Å²) < 4.78 is 23.0. The monoisotopic (exact) mass is 185 g/mol. The first-order valence-corrected chi connectivity index (χ1v) is 5.24. The summed E-state index contributed by atoms with van der Waals surface area (Å²) in [6.45, 7) is 0.767. The van der Waals surface area contributed by atoms with Crippen molar-refractivity contribution in [2.45, 2.75) is 12.8 Å². The molecular weight excluding hydrogens is 174 g/mol. The van der Waals surface area contributed by atoms with E-state index in [1.54, 1.807) is 0 Å². The first-order chi connectivity index (χ1) is 4.56. The Morgan fingerprint density at radius 2 is 2.20 bits per heavy atom. The molecule has 0 amide bonds. The van der Waals surface area contributed by atoms with Crippen LogP contribution in [0.4, 0.5) is 0 Å². The van der Waals surface area contributed by atoms with Gasteiger partial charge in [0.1, 0.15) is 0 Å². The molecule has 0 bridgehead atoms. The normalized spacial score (nSPS) is 16.6. The summed E-state index contributed by atoms with van der Waals surface area (Å²) in [5.41, 5.74) is 5.16. The molecule has 0 spiro atoms. The Morgan fingerprint density at radius 3 is 2.60 bits per heavy atom. The zero-order valence-corrected chi connectivity index (χ0v) is 7.12. The summed E-state index contributed by atoms with van der Waals surface area (Å²) in [7, 11) is -3.41. The average Bonchev–Trinajstić information content (AvgIpc) is 1.78. The minimum Gasteiger partial charge on any atom is -0.330 e. The Balaban J connectivity index is 3.21. The molecule has 0 aliphatic heterocycles. The fourth-order valence-corrected chi connectivity index (χ4v) is 0.943. The van der Waals surface area contributed by atoms with Crippen molar-refractivity contribution in [3.05, 3.63) is 0 Å². The lowest BCUT2D eigenvalue weighted by atomic mass is 10.3. The number of hydrogen-bond donors (Lipinski definition) is 2. The third kappa shape index (κ3) is 8.25. The molecule has 0 aromatic rings. The third-order valence-electron chi connectivity index (χ3n) is 0.831. The van der Waals surface area contributed by atoms with Crippen molar-refractivity contribution in [1.82, 2.24) is 0 Å². The molecule has 0 aromatic heterocycles. The van der Waals surface area contributed by atoms with E-state index in [1.807, 2.05) is 0 Å². The smallest absolute Gasteiger partial charge is 0.266 e. The van der Waals surface area contributed by atoms with Crippen LogP contribution >= 0.6 is 0 Å². The van der Waals surface area contributed by atoms with Gasteiger partial charge < -0.3 is 5.73 Å². The van der Waals surface area contributed by atoms with Crippen LogP contribution in [0.2, 0.25) is 0 Å². The summed E-state index contributed by atoms with van der Waals surface area (Å²) >= 11 is 4.06. The first kappa shape index (κ1) is 10.2. The van der Waals surface area contributed by atoms with Crippen LogP contribution in [0.25, 0.3) is 0 Å². The van der Waals surface area contributed by atoms with Crippen molar-refractivity contribution in [3.8, 4) is 0 Å². The predicted molar refractivity (Wildman–Crippen MR) is 42.4 cm³/mol. The SMILES string of the molecule is NCCCCOS(=O)(O)=S. The van der Waals surface area contributed by atoms with Crippen molar-refractivity contribution in [2.24, 2.45) is 5.73 Å². The minimum absolute atomic E-state index is 0.204. The Morgan fingerprint density at radius 1 is 1.60 bits per heavy atom. The van der Waals surface area contributed by atoms with E-state index in [9.17, 15) is 4.21 Å². The van der Waals surface area contributed by atoms with E-state index >= 15 is 0 Å². The molecule has 62 valence electrons. The molecule has 0 fully saturated rings. The van der Waals surface area contributed by atoms with Gasteiger partial charge in [0.05, 0.1) is 6.61 Å². The summed E-state index contributed by atoms with van der Waals surface area (Å²) in [6.07, 6.45) is 1.45. The quantitative estimate of drug-likeness (QED) is 0.584. The largest absolute Gasteiger partial charge is 0.330 e. The maximum atomic E-state index is 10.3. The molecule has 0 radical (unpaired) electrons. The molecule has 0 aromatic carbocycles. The molecule has 3 N–H and O–H groups in total. The van der Waals surface area contributed by atoms with Gasteiger partial charge in [-0.25, -0.2) is 0 Å². The predicted octanol–water partition coefficient (Wildman–Crippen LogP) is -0.124. The van der Waals surface area contributed by atoms with E-state index in [1.165, 1.54) is 0 Å². The van der Waals surface area contributed by atoms with Gasteiger partial charge in [0.15, 0.2) is 0 Å². The molecule has 0 aliphatic carbocycles. The van der Waals surface area contributed by atoms with Gasteiger partial charge >= 0.3 is 0 Å². The molecule has 1 atom stereocenters. The number of unbranched alkanes of at least 4 members (excludes halogenated alkanes) is 1. The number of nitrogens with two attached hydrogens (primary N) is 1. The lowest BCUT2D eigenvalue weighted by Crippen LogP contribution is -2.06. The van der Waals surface area contributed by atoms with E-state index in [4.69, 9.17) is 10.3 Å². The fraction of sp³-hybridized carbons (Fsp3) is 1.00. The summed E-state index contributed by atoms with van der Waals surface area (Å²) in [6, 6.07) is 0. The molecule has 0 saturated carbocycles. The molecule has 0 aliphatic rings. The highest BCUT2D eigenvalue weighted by molar-refractivity contribution is 8.27. The topological polar surface area (TPSA) is 72.5 Å². The number of hydrogen-bond acceptors (Lipinski definition) is 4. The van der Waals surface area contributed by atoms with E-state index in [2.05, 4.69) is 15.4 Å². The molecule has 0 saturated heterocycles.